The summed E-state index contributed by atoms with van der Waals surface area (Å²) in [7, 11) is 0. The molecule has 0 aliphatic carbocycles. The van der Waals surface area contributed by atoms with Gasteiger partial charge in [-0.05, 0) is 27.7 Å². The Balaban J connectivity index is 2.75. The molecule has 0 atom stereocenters. The van der Waals surface area contributed by atoms with Crippen molar-refractivity contribution in [2.24, 2.45) is 0 Å². The molecule has 8 heteroatoms. The van der Waals surface area contributed by atoms with Crippen molar-refractivity contribution in [3.63, 3.8) is 0 Å². The van der Waals surface area contributed by atoms with Crippen molar-refractivity contribution in [3.05, 3.63) is 11.8 Å². The van der Waals surface area contributed by atoms with Crippen molar-refractivity contribution in [2.75, 3.05) is 11.9 Å². The van der Waals surface area contributed by atoms with Gasteiger partial charge in [0.25, 0.3) is 0 Å². The second-order valence-electron chi connectivity index (χ2n) is 5.07. The lowest BCUT2D eigenvalue weighted by atomic mass is 10.1. The van der Waals surface area contributed by atoms with Gasteiger partial charge in [-0.15, -0.1) is 0 Å². The van der Waals surface area contributed by atoms with Gasteiger partial charge in [-0.2, -0.15) is 18.3 Å². The molecule has 0 aromatic carbocycles. The molecule has 1 aromatic rings. The normalized spacial score (nSPS) is 12.4. The predicted molar refractivity (Wildman–Crippen MR) is 63.0 cm³/mol. The molecule has 0 radical (unpaired) electrons. The van der Waals surface area contributed by atoms with Crippen LogP contribution in [0.25, 0.3) is 0 Å². The van der Waals surface area contributed by atoms with Crippen molar-refractivity contribution in [1.82, 2.24) is 9.78 Å². The van der Waals surface area contributed by atoms with Crippen molar-refractivity contribution in [1.29, 1.82) is 0 Å². The molecule has 1 rings (SSSR count). The van der Waals surface area contributed by atoms with E-state index in [9.17, 15) is 18.0 Å². The van der Waals surface area contributed by atoms with Gasteiger partial charge in [-0.1, -0.05) is 0 Å². The highest BCUT2D eigenvalue weighted by molar-refractivity contribution is 5.83. The molecule has 108 valence electrons. The molecule has 0 aliphatic rings. The van der Waals surface area contributed by atoms with E-state index in [0.717, 1.165) is 0 Å². The van der Waals surface area contributed by atoms with E-state index in [1.54, 1.807) is 13.0 Å². The standard InChI is InChI=1S/C11H16F3N3O2/c1-7-5-8(17(16-7)10(2,3)4)15-9(18)19-6-11(12,13)14/h5H,6H2,1-4H3,(H,15,18). The van der Waals surface area contributed by atoms with Crippen molar-refractivity contribution in [2.45, 2.75) is 39.4 Å². The molecule has 0 unspecified atom stereocenters. The smallest absolute Gasteiger partial charge is 0.422 e. The number of rotatable bonds is 2. The summed E-state index contributed by atoms with van der Waals surface area (Å²) < 4.78 is 41.3. The summed E-state index contributed by atoms with van der Waals surface area (Å²) in [6, 6.07) is 1.56. The average molecular weight is 279 g/mol. The maximum Gasteiger partial charge on any atom is 0.422 e. The van der Waals surface area contributed by atoms with Gasteiger partial charge < -0.3 is 4.74 Å². The van der Waals surface area contributed by atoms with Crippen molar-refractivity contribution < 1.29 is 22.7 Å². The minimum absolute atomic E-state index is 0.289. The van der Waals surface area contributed by atoms with Gasteiger partial charge in [0.15, 0.2) is 6.61 Å². The zero-order valence-corrected chi connectivity index (χ0v) is 11.1. The highest BCUT2D eigenvalue weighted by Gasteiger charge is 2.30. The van der Waals surface area contributed by atoms with Crippen LogP contribution in [0.4, 0.5) is 23.8 Å². The Labute approximate surface area is 108 Å². The second kappa shape index (κ2) is 5.10. The molecule has 1 N–H and O–H groups in total. The molecule has 1 aromatic heterocycles. The first-order valence-corrected chi connectivity index (χ1v) is 5.57. The van der Waals surface area contributed by atoms with Crippen LogP contribution in [-0.2, 0) is 10.3 Å². The van der Waals surface area contributed by atoms with Gasteiger partial charge in [0, 0.05) is 6.07 Å². The number of alkyl halides is 3. The molecule has 1 heterocycles. The first-order valence-electron chi connectivity index (χ1n) is 5.57. The highest BCUT2D eigenvalue weighted by Crippen LogP contribution is 2.21. The van der Waals surface area contributed by atoms with E-state index in [1.807, 2.05) is 20.8 Å². The number of aromatic nitrogens is 2. The van der Waals surface area contributed by atoms with Crippen LogP contribution in [0.1, 0.15) is 26.5 Å². The minimum atomic E-state index is -4.54. The van der Waals surface area contributed by atoms with Crippen LogP contribution in [0.3, 0.4) is 0 Å². The number of nitrogens with one attached hydrogen (secondary N) is 1. The summed E-state index contributed by atoms with van der Waals surface area (Å²) in [6.07, 6.45) is -5.71. The van der Waals surface area contributed by atoms with Crippen molar-refractivity contribution in [3.8, 4) is 0 Å². The maximum atomic E-state index is 11.9. The second-order valence-corrected chi connectivity index (χ2v) is 5.07. The van der Waals surface area contributed by atoms with Gasteiger partial charge in [0.05, 0.1) is 11.2 Å². The van der Waals surface area contributed by atoms with E-state index in [4.69, 9.17) is 0 Å². The van der Waals surface area contributed by atoms with Crippen LogP contribution in [0, 0.1) is 6.92 Å². The molecular weight excluding hydrogens is 263 g/mol. The Morgan fingerprint density at radius 2 is 2.00 bits per heavy atom. The SMILES string of the molecule is Cc1cc(NC(=O)OCC(F)(F)F)n(C(C)(C)C)n1. The zero-order valence-electron chi connectivity index (χ0n) is 11.1. The lowest BCUT2D eigenvalue weighted by Gasteiger charge is -2.22. The molecule has 0 spiro atoms. The first kappa shape index (κ1) is 15.3. The number of anilines is 1. The van der Waals surface area contributed by atoms with Gasteiger partial charge in [-0.25, -0.2) is 9.48 Å². The van der Waals surface area contributed by atoms with Crippen LogP contribution < -0.4 is 5.32 Å². The van der Waals surface area contributed by atoms with E-state index in [2.05, 4.69) is 15.2 Å². The number of nitrogens with zero attached hydrogens (tertiary/aromatic N) is 2. The van der Waals surface area contributed by atoms with Gasteiger partial charge in [0.1, 0.15) is 5.82 Å². The molecule has 0 saturated carbocycles. The third-order valence-electron chi connectivity index (χ3n) is 2.06. The lowest BCUT2D eigenvalue weighted by Crippen LogP contribution is -2.28. The number of amides is 1. The Hall–Kier alpha value is -1.73. The number of hydrogen-bond acceptors (Lipinski definition) is 3. The minimum Gasteiger partial charge on any atom is -0.440 e. The third-order valence-corrected chi connectivity index (χ3v) is 2.06. The highest BCUT2D eigenvalue weighted by atomic mass is 19.4. The van der Waals surface area contributed by atoms with Crippen LogP contribution in [-0.4, -0.2) is 28.7 Å². The van der Waals surface area contributed by atoms with E-state index >= 15 is 0 Å². The number of carbonyl (C=O) groups excluding carboxylic acids is 1. The van der Waals surface area contributed by atoms with Gasteiger partial charge in [0.2, 0.25) is 0 Å². The number of ether oxygens (including phenoxy) is 1. The van der Waals surface area contributed by atoms with Gasteiger partial charge in [-0.3, -0.25) is 5.32 Å². The van der Waals surface area contributed by atoms with Crippen LogP contribution in [0.5, 0.6) is 0 Å². The third kappa shape index (κ3) is 4.80. The number of hydrogen-bond donors (Lipinski definition) is 1. The zero-order chi connectivity index (χ0) is 14.8. The fraction of sp³-hybridized carbons (Fsp3) is 0.636. The Kier molecular flexibility index (Phi) is 4.12. The average Bonchev–Trinajstić information content (AvgIpc) is 2.55. The summed E-state index contributed by atoms with van der Waals surface area (Å²) in [6.45, 7) is 5.65. The monoisotopic (exact) mass is 279 g/mol. The van der Waals surface area contributed by atoms with Gasteiger partial charge >= 0.3 is 12.3 Å². The van der Waals surface area contributed by atoms with E-state index < -0.39 is 24.4 Å². The summed E-state index contributed by atoms with van der Waals surface area (Å²) in [4.78, 5) is 11.3. The number of carbonyl (C=O) groups is 1. The lowest BCUT2D eigenvalue weighted by molar-refractivity contribution is -0.159. The van der Waals surface area contributed by atoms with E-state index in [1.165, 1.54) is 4.68 Å². The molecule has 5 nitrogen and oxygen atoms in total. The molecular formula is C11H16F3N3O2. The number of halogens is 3. The van der Waals surface area contributed by atoms with E-state index in [-0.39, 0.29) is 5.82 Å². The Morgan fingerprint density at radius 3 is 2.47 bits per heavy atom. The van der Waals surface area contributed by atoms with E-state index in [0.29, 0.717) is 5.69 Å². The molecule has 0 bridgehead atoms. The Bertz CT molecular complexity index is 461. The van der Waals surface area contributed by atoms with Crippen LogP contribution in [0.2, 0.25) is 0 Å². The number of aryl methyl sites for hydroxylation is 1. The quantitative estimate of drug-likeness (QED) is 0.905. The molecule has 0 saturated heterocycles. The molecule has 19 heavy (non-hydrogen) atoms. The Morgan fingerprint density at radius 1 is 1.42 bits per heavy atom. The molecule has 0 aliphatic heterocycles. The molecule has 1 amide bonds. The summed E-state index contributed by atoms with van der Waals surface area (Å²) >= 11 is 0. The largest absolute Gasteiger partial charge is 0.440 e. The fourth-order valence-corrected chi connectivity index (χ4v) is 1.39. The maximum absolute atomic E-state index is 11.9. The first-order chi connectivity index (χ1) is 8.49. The van der Waals surface area contributed by atoms with Crippen LogP contribution >= 0.6 is 0 Å². The van der Waals surface area contributed by atoms with Crippen LogP contribution in [0.15, 0.2) is 6.07 Å². The summed E-state index contributed by atoms with van der Waals surface area (Å²) in [5.41, 5.74) is 0.224. The predicted octanol–water partition coefficient (Wildman–Crippen LogP) is 3.06. The summed E-state index contributed by atoms with van der Waals surface area (Å²) in [5, 5.41) is 6.42. The fourth-order valence-electron chi connectivity index (χ4n) is 1.39. The summed E-state index contributed by atoms with van der Waals surface area (Å²) in [5.74, 6) is 0.289. The molecule has 0 fully saturated rings. The van der Waals surface area contributed by atoms with Crippen molar-refractivity contribution >= 4 is 11.9 Å². The topological polar surface area (TPSA) is 56.1 Å².